The minimum atomic E-state index is -1.25. The number of aliphatic hydroxyl groups is 1. The number of nitrogens with zero attached hydrogens (tertiary/aromatic N) is 1. The Morgan fingerprint density at radius 3 is 2.65 bits per heavy atom. The topological polar surface area (TPSA) is 85.3 Å². The van der Waals surface area contributed by atoms with Crippen LogP contribution in [0, 0.1) is 0 Å². The van der Waals surface area contributed by atoms with Crippen LogP contribution in [0.15, 0.2) is 0 Å². The highest BCUT2D eigenvalue weighted by atomic mass is 16.6. The maximum absolute atomic E-state index is 11.9. The number of hydrogen-bond donors (Lipinski definition) is 1. The van der Waals surface area contributed by atoms with E-state index in [9.17, 15) is 14.7 Å². The first-order valence-corrected chi connectivity index (χ1v) is 6.58. The Morgan fingerprint density at radius 2 is 2.10 bits per heavy atom. The molecule has 7 nitrogen and oxygen atoms in total. The molecule has 20 heavy (non-hydrogen) atoms. The van der Waals surface area contributed by atoms with E-state index >= 15 is 0 Å². The molecule has 116 valence electrons. The molecule has 0 aliphatic carbocycles. The molecule has 1 amide bonds. The smallest absolute Gasteiger partial charge is 0.410 e. The summed E-state index contributed by atoms with van der Waals surface area (Å²) in [7, 11) is 1.21. The van der Waals surface area contributed by atoms with Gasteiger partial charge in [-0.05, 0) is 20.8 Å². The Bertz CT molecular complexity index is 351. The number of carbonyl (C=O) groups is 2. The molecule has 0 spiro atoms. The Balaban J connectivity index is 2.50. The zero-order valence-corrected chi connectivity index (χ0v) is 12.4. The number of ether oxygens (including phenoxy) is 3. The van der Waals surface area contributed by atoms with E-state index in [4.69, 9.17) is 9.47 Å². The molecule has 0 aromatic heterocycles. The Hall–Kier alpha value is -1.34. The van der Waals surface area contributed by atoms with Crippen LogP contribution in [-0.2, 0) is 19.0 Å². The van der Waals surface area contributed by atoms with Gasteiger partial charge in [-0.1, -0.05) is 0 Å². The average Bonchev–Trinajstić information content (AvgIpc) is 2.36. The van der Waals surface area contributed by atoms with E-state index in [1.807, 2.05) is 0 Å². The molecule has 0 aromatic rings. The Kier molecular flexibility index (Phi) is 5.76. The summed E-state index contributed by atoms with van der Waals surface area (Å²) in [5.74, 6) is -0.706. The second kappa shape index (κ2) is 6.90. The fourth-order valence-electron chi connectivity index (χ4n) is 1.84. The third-order valence-corrected chi connectivity index (χ3v) is 2.75. The summed E-state index contributed by atoms with van der Waals surface area (Å²) in [5, 5.41) is 9.59. The zero-order chi connectivity index (χ0) is 15.3. The molecule has 7 heteroatoms. The van der Waals surface area contributed by atoms with Crippen LogP contribution in [0.1, 0.15) is 27.2 Å². The maximum Gasteiger partial charge on any atom is 0.410 e. The van der Waals surface area contributed by atoms with E-state index < -0.39 is 29.9 Å². The lowest BCUT2D eigenvalue weighted by atomic mass is 10.1. The largest absolute Gasteiger partial charge is 0.467 e. The zero-order valence-electron chi connectivity index (χ0n) is 12.4. The van der Waals surface area contributed by atoms with Gasteiger partial charge in [0.2, 0.25) is 0 Å². The fourth-order valence-corrected chi connectivity index (χ4v) is 1.84. The van der Waals surface area contributed by atoms with Crippen molar-refractivity contribution in [3.05, 3.63) is 0 Å². The van der Waals surface area contributed by atoms with Gasteiger partial charge in [-0.2, -0.15) is 0 Å². The third kappa shape index (κ3) is 5.34. The van der Waals surface area contributed by atoms with Crippen LogP contribution in [-0.4, -0.2) is 66.7 Å². The second-order valence-electron chi connectivity index (χ2n) is 5.69. The molecule has 1 saturated heterocycles. The number of amides is 1. The lowest BCUT2D eigenvalue weighted by Crippen LogP contribution is -2.48. The number of methoxy groups -OCH3 is 1. The van der Waals surface area contributed by atoms with E-state index in [0.717, 1.165) is 0 Å². The monoisotopic (exact) mass is 289 g/mol. The summed E-state index contributed by atoms with van der Waals surface area (Å²) in [6.07, 6.45) is -1.99. The molecule has 2 atom stereocenters. The standard InChI is InChI=1S/C13H23NO6/c1-13(2,3)20-12(17)14-5-6-19-9(8-14)7-10(15)11(16)18-4/h9-10,15H,5-8H2,1-4H3. The lowest BCUT2D eigenvalue weighted by Gasteiger charge is -2.34. The van der Waals surface area contributed by atoms with Gasteiger partial charge in [0.25, 0.3) is 0 Å². The quantitative estimate of drug-likeness (QED) is 0.764. The Morgan fingerprint density at radius 1 is 1.45 bits per heavy atom. The molecule has 1 aliphatic heterocycles. The highest BCUT2D eigenvalue weighted by Crippen LogP contribution is 2.15. The molecule has 1 fully saturated rings. The van der Waals surface area contributed by atoms with Gasteiger partial charge in [-0.15, -0.1) is 0 Å². The van der Waals surface area contributed by atoms with Crippen LogP contribution in [0.4, 0.5) is 4.79 Å². The van der Waals surface area contributed by atoms with Crippen molar-refractivity contribution in [3.8, 4) is 0 Å². The van der Waals surface area contributed by atoms with E-state index in [0.29, 0.717) is 13.2 Å². The van der Waals surface area contributed by atoms with Crippen LogP contribution in [0.2, 0.25) is 0 Å². The summed E-state index contributed by atoms with van der Waals surface area (Å²) in [6, 6.07) is 0. The van der Waals surface area contributed by atoms with Gasteiger partial charge >= 0.3 is 12.1 Å². The van der Waals surface area contributed by atoms with Gasteiger partial charge in [0, 0.05) is 13.0 Å². The predicted molar refractivity (Wildman–Crippen MR) is 70.2 cm³/mol. The second-order valence-corrected chi connectivity index (χ2v) is 5.69. The molecule has 1 aliphatic rings. The normalized spacial score (nSPS) is 21.2. The van der Waals surface area contributed by atoms with Gasteiger partial charge in [0.15, 0.2) is 6.10 Å². The molecule has 0 radical (unpaired) electrons. The SMILES string of the molecule is COC(=O)C(O)CC1CN(C(=O)OC(C)(C)C)CCO1. The minimum absolute atomic E-state index is 0.0893. The average molecular weight is 289 g/mol. The van der Waals surface area contributed by atoms with E-state index in [1.54, 1.807) is 20.8 Å². The molecule has 0 aromatic carbocycles. The highest BCUT2D eigenvalue weighted by Gasteiger charge is 2.30. The number of hydrogen-bond acceptors (Lipinski definition) is 6. The van der Waals surface area contributed by atoms with E-state index in [1.165, 1.54) is 12.0 Å². The number of rotatable bonds is 3. The molecule has 1 N–H and O–H groups in total. The summed E-state index contributed by atoms with van der Waals surface area (Å²) < 4.78 is 15.2. The predicted octanol–water partition coefficient (Wildman–Crippen LogP) is 0.546. The summed E-state index contributed by atoms with van der Waals surface area (Å²) >= 11 is 0. The van der Waals surface area contributed by atoms with Crippen LogP contribution < -0.4 is 0 Å². The van der Waals surface area contributed by atoms with Crippen molar-refractivity contribution in [2.24, 2.45) is 0 Å². The van der Waals surface area contributed by atoms with Crippen molar-refractivity contribution in [1.82, 2.24) is 4.90 Å². The number of aliphatic hydroxyl groups excluding tert-OH is 1. The van der Waals surface area contributed by atoms with Crippen LogP contribution >= 0.6 is 0 Å². The number of carbonyl (C=O) groups excluding carboxylic acids is 2. The van der Waals surface area contributed by atoms with Crippen LogP contribution in [0.5, 0.6) is 0 Å². The molecule has 2 unspecified atom stereocenters. The summed E-state index contributed by atoms with van der Waals surface area (Å²) in [5.41, 5.74) is -0.559. The van der Waals surface area contributed by atoms with Crippen molar-refractivity contribution in [2.75, 3.05) is 26.8 Å². The summed E-state index contributed by atoms with van der Waals surface area (Å²) in [4.78, 5) is 24.6. The van der Waals surface area contributed by atoms with Crippen LogP contribution in [0.25, 0.3) is 0 Å². The highest BCUT2D eigenvalue weighted by molar-refractivity contribution is 5.74. The van der Waals surface area contributed by atoms with Gasteiger partial charge < -0.3 is 24.2 Å². The number of morpholine rings is 1. The number of esters is 1. The fraction of sp³-hybridized carbons (Fsp3) is 0.846. The van der Waals surface area contributed by atoms with Crippen LogP contribution in [0.3, 0.4) is 0 Å². The maximum atomic E-state index is 11.9. The van der Waals surface area contributed by atoms with Gasteiger partial charge in [0.1, 0.15) is 5.60 Å². The molecule has 0 saturated carbocycles. The molecular weight excluding hydrogens is 266 g/mol. The molecule has 1 rings (SSSR count). The lowest BCUT2D eigenvalue weighted by molar-refractivity contribution is -0.153. The summed E-state index contributed by atoms with van der Waals surface area (Å²) in [6.45, 7) is 6.44. The van der Waals surface area contributed by atoms with Gasteiger partial charge in [-0.25, -0.2) is 9.59 Å². The first-order valence-electron chi connectivity index (χ1n) is 6.58. The van der Waals surface area contributed by atoms with Crippen molar-refractivity contribution in [2.45, 2.75) is 45.0 Å². The van der Waals surface area contributed by atoms with E-state index in [-0.39, 0.29) is 13.0 Å². The Labute approximate surface area is 118 Å². The first kappa shape index (κ1) is 16.7. The van der Waals surface area contributed by atoms with E-state index in [2.05, 4.69) is 4.74 Å². The molecule has 0 bridgehead atoms. The van der Waals surface area contributed by atoms with Crippen molar-refractivity contribution < 1.29 is 28.9 Å². The molecule has 1 heterocycles. The minimum Gasteiger partial charge on any atom is -0.467 e. The molecular formula is C13H23NO6. The van der Waals surface area contributed by atoms with Crippen molar-refractivity contribution in [1.29, 1.82) is 0 Å². The first-order chi connectivity index (χ1) is 9.23. The van der Waals surface area contributed by atoms with Crippen molar-refractivity contribution >= 4 is 12.1 Å². The third-order valence-electron chi connectivity index (χ3n) is 2.75. The van der Waals surface area contributed by atoms with Crippen molar-refractivity contribution in [3.63, 3.8) is 0 Å². The van der Waals surface area contributed by atoms with Gasteiger partial charge in [-0.3, -0.25) is 0 Å². The van der Waals surface area contributed by atoms with Gasteiger partial charge in [0.05, 0.1) is 26.4 Å².